The molecular weight excluding hydrogens is 336 g/mol. The van der Waals surface area contributed by atoms with Crippen LogP contribution < -0.4 is 0 Å². The Labute approximate surface area is 170 Å². The third-order valence-corrected chi connectivity index (χ3v) is 6.29. The van der Waals surface area contributed by atoms with Crippen LogP contribution in [0.25, 0.3) is 16.8 Å². The van der Waals surface area contributed by atoms with E-state index in [0.29, 0.717) is 5.92 Å². The Morgan fingerprint density at radius 1 is 0.893 bits per heavy atom. The summed E-state index contributed by atoms with van der Waals surface area (Å²) in [5.74, 6) is 0.647. The van der Waals surface area contributed by atoms with Gasteiger partial charge in [0.2, 0.25) is 0 Å². The number of hydrogen-bond donors (Lipinski definition) is 0. The zero-order valence-electron chi connectivity index (χ0n) is 17.4. The van der Waals surface area contributed by atoms with Crippen molar-refractivity contribution >= 4 is 16.8 Å². The second kappa shape index (κ2) is 8.78. The van der Waals surface area contributed by atoms with Crippen LogP contribution in [-0.4, -0.2) is 0 Å². The Balaban J connectivity index is 1.52. The molecule has 0 N–H and O–H groups in total. The average molecular weight is 369 g/mol. The topological polar surface area (TPSA) is 0 Å². The molecule has 0 aromatic heterocycles. The molecule has 1 atom stereocenters. The van der Waals surface area contributed by atoms with E-state index in [1.165, 1.54) is 78.0 Å². The molecule has 0 amide bonds. The van der Waals surface area contributed by atoms with Gasteiger partial charge in [0.05, 0.1) is 0 Å². The van der Waals surface area contributed by atoms with Gasteiger partial charge in [-0.05, 0) is 83.5 Å². The minimum absolute atomic E-state index is 0.647. The second-order valence-electron chi connectivity index (χ2n) is 8.37. The molecule has 0 fully saturated rings. The maximum Gasteiger partial charge on any atom is -0.0118 e. The van der Waals surface area contributed by atoms with Gasteiger partial charge in [-0.15, -0.1) is 0 Å². The molecule has 0 saturated carbocycles. The SMILES string of the molecule is C/C=C/c1ccc2c(c1)CCC(c1ccc3cc(CCCCC)ccc3c1)C2. The van der Waals surface area contributed by atoms with Crippen molar-refractivity contribution in [2.24, 2.45) is 0 Å². The second-order valence-corrected chi connectivity index (χ2v) is 8.37. The third-order valence-electron chi connectivity index (χ3n) is 6.29. The maximum atomic E-state index is 2.44. The molecule has 0 nitrogen and oxygen atoms in total. The summed E-state index contributed by atoms with van der Waals surface area (Å²) >= 11 is 0. The van der Waals surface area contributed by atoms with E-state index in [4.69, 9.17) is 0 Å². The van der Waals surface area contributed by atoms with Gasteiger partial charge in [0.1, 0.15) is 0 Å². The van der Waals surface area contributed by atoms with E-state index < -0.39 is 0 Å². The Kier molecular flexibility index (Phi) is 5.95. The van der Waals surface area contributed by atoms with Crippen molar-refractivity contribution < 1.29 is 0 Å². The normalized spacial score (nSPS) is 16.6. The van der Waals surface area contributed by atoms with Gasteiger partial charge in [-0.1, -0.05) is 86.5 Å². The first kappa shape index (κ1) is 19.0. The van der Waals surface area contributed by atoms with Gasteiger partial charge in [-0.25, -0.2) is 0 Å². The summed E-state index contributed by atoms with van der Waals surface area (Å²) in [4.78, 5) is 0. The number of unbranched alkanes of at least 4 members (excludes halogenated alkanes) is 2. The van der Waals surface area contributed by atoms with Crippen LogP contribution in [0.1, 0.15) is 73.3 Å². The average Bonchev–Trinajstić information content (AvgIpc) is 2.73. The van der Waals surface area contributed by atoms with Crippen LogP contribution in [0, 0.1) is 0 Å². The number of hydrogen-bond acceptors (Lipinski definition) is 0. The van der Waals surface area contributed by atoms with E-state index in [0.717, 1.165) is 0 Å². The molecule has 1 aliphatic rings. The first-order valence-corrected chi connectivity index (χ1v) is 11.0. The van der Waals surface area contributed by atoms with Crippen LogP contribution in [0.3, 0.4) is 0 Å². The lowest BCUT2D eigenvalue weighted by molar-refractivity contribution is 0.585. The molecule has 0 spiro atoms. The van der Waals surface area contributed by atoms with E-state index in [1.807, 2.05) is 0 Å². The standard InChI is InChI=1S/C28H32/c1-3-5-6-8-22-10-12-26-20-28(16-14-24(26)18-22)27-15-13-23-17-21(7-4-2)9-11-25(23)19-27/h4,7,9-12,14,16-18,20,27H,3,5-6,8,13,15,19H2,1-2H3/b7-4+. The Hall–Kier alpha value is -2.34. The highest BCUT2D eigenvalue weighted by atomic mass is 14.2. The predicted octanol–water partition coefficient (Wildman–Crippen LogP) is 7.88. The number of rotatable bonds is 6. The summed E-state index contributed by atoms with van der Waals surface area (Å²) in [6, 6.07) is 21.2. The quantitative estimate of drug-likeness (QED) is 0.388. The zero-order valence-corrected chi connectivity index (χ0v) is 17.4. The minimum Gasteiger partial charge on any atom is -0.0871 e. The molecule has 4 rings (SSSR count). The monoisotopic (exact) mass is 368 g/mol. The smallest absolute Gasteiger partial charge is 0.0118 e. The van der Waals surface area contributed by atoms with Crippen LogP contribution in [0.4, 0.5) is 0 Å². The van der Waals surface area contributed by atoms with E-state index >= 15 is 0 Å². The van der Waals surface area contributed by atoms with Crippen molar-refractivity contribution in [3.8, 4) is 0 Å². The number of fused-ring (bicyclic) bond motifs is 2. The molecule has 0 aliphatic heterocycles. The highest BCUT2D eigenvalue weighted by Gasteiger charge is 2.20. The summed E-state index contributed by atoms with van der Waals surface area (Å²) in [6.45, 7) is 4.36. The fraction of sp³-hybridized carbons (Fsp3) is 0.357. The van der Waals surface area contributed by atoms with Crippen molar-refractivity contribution in [1.82, 2.24) is 0 Å². The van der Waals surface area contributed by atoms with Crippen LogP contribution in [0.15, 0.2) is 60.7 Å². The maximum absolute atomic E-state index is 2.44. The summed E-state index contributed by atoms with van der Waals surface area (Å²) in [5.41, 5.74) is 7.41. The van der Waals surface area contributed by atoms with Crippen LogP contribution in [0.5, 0.6) is 0 Å². The van der Waals surface area contributed by atoms with Gasteiger partial charge in [0, 0.05) is 0 Å². The molecule has 0 radical (unpaired) electrons. The van der Waals surface area contributed by atoms with Gasteiger partial charge >= 0.3 is 0 Å². The van der Waals surface area contributed by atoms with E-state index in [1.54, 1.807) is 5.56 Å². The lowest BCUT2D eigenvalue weighted by Crippen LogP contribution is -2.12. The number of benzene rings is 3. The summed E-state index contributed by atoms with van der Waals surface area (Å²) in [6.07, 6.45) is 13.1. The van der Waals surface area contributed by atoms with Crippen LogP contribution >= 0.6 is 0 Å². The fourth-order valence-corrected chi connectivity index (χ4v) is 4.66. The van der Waals surface area contributed by atoms with Crippen LogP contribution in [0.2, 0.25) is 0 Å². The molecule has 0 heterocycles. The molecule has 0 heteroatoms. The fourth-order valence-electron chi connectivity index (χ4n) is 4.66. The Bertz CT molecular complexity index is 976. The van der Waals surface area contributed by atoms with Gasteiger partial charge in [-0.2, -0.15) is 0 Å². The van der Waals surface area contributed by atoms with Gasteiger partial charge < -0.3 is 0 Å². The molecule has 0 saturated heterocycles. The Morgan fingerprint density at radius 2 is 1.75 bits per heavy atom. The highest BCUT2D eigenvalue weighted by molar-refractivity contribution is 5.84. The first-order valence-electron chi connectivity index (χ1n) is 11.0. The number of aryl methyl sites for hydroxylation is 2. The van der Waals surface area contributed by atoms with Gasteiger partial charge in [-0.3, -0.25) is 0 Å². The lowest BCUT2D eigenvalue weighted by atomic mass is 9.79. The minimum atomic E-state index is 0.647. The van der Waals surface area contributed by atoms with Gasteiger partial charge in [0.25, 0.3) is 0 Å². The first-order chi connectivity index (χ1) is 13.8. The van der Waals surface area contributed by atoms with Crippen molar-refractivity contribution in [3.63, 3.8) is 0 Å². The highest BCUT2D eigenvalue weighted by Crippen LogP contribution is 2.34. The molecular formula is C28H32. The summed E-state index contributed by atoms with van der Waals surface area (Å²) in [5, 5.41) is 2.79. The molecule has 1 aliphatic carbocycles. The summed E-state index contributed by atoms with van der Waals surface area (Å²) < 4.78 is 0. The molecule has 3 aromatic rings. The molecule has 144 valence electrons. The zero-order chi connectivity index (χ0) is 19.3. The molecule has 3 aromatic carbocycles. The van der Waals surface area contributed by atoms with E-state index in [9.17, 15) is 0 Å². The Morgan fingerprint density at radius 3 is 2.61 bits per heavy atom. The van der Waals surface area contributed by atoms with Crippen LogP contribution in [-0.2, 0) is 19.3 Å². The van der Waals surface area contributed by atoms with Gasteiger partial charge in [0.15, 0.2) is 0 Å². The number of allylic oxidation sites excluding steroid dienone is 1. The molecule has 0 bridgehead atoms. The van der Waals surface area contributed by atoms with E-state index in [2.05, 4.69) is 80.6 Å². The summed E-state index contributed by atoms with van der Waals surface area (Å²) in [7, 11) is 0. The lowest BCUT2D eigenvalue weighted by Gasteiger charge is -2.25. The van der Waals surface area contributed by atoms with Crippen molar-refractivity contribution in [3.05, 3.63) is 88.5 Å². The van der Waals surface area contributed by atoms with E-state index in [-0.39, 0.29) is 0 Å². The molecule has 1 unspecified atom stereocenters. The van der Waals surface area contributed by atoms with Crippen molar-refractivity contribution in [2.45, 2.75) is 64.7 Å². The molecule has 28 heavy (non-hydrogen) atoms. The largest absolute Gasteiger partial charge is 0.0871 e. The van der Waals surface area contributed by atoms with Crippen molar-refractivity contribution in [1.29, 1.82) is 0 Å². The predicted molar refractivity (Wildman–Crippen MR) is 123 cm³/mol. The van der Waals surface area contributed by atoms with Crippen molar-refractivity contribution in [2.75, 3.05) is 0 Å². The third kappa shape index (κ3) is 4.22.